The van der Waals surface area contributed by atoms with Crippen LogP contribution in [-0.4, -0.2) is 15.6 Å². The highest BCUT2D eigenvalue weighted by molar-refractivity contribution is 9.10. The Balaban J connectivity index is 2.10. The van der Waals surface area contributed by atoms with Gasteiger partial charge in [0.05, 0.1) is 17.2 Å². The van der Waals surface area contributed by atoms with Crippen molar-refractivity contribution in [2.24, 2.45) is 0 Å². The summed E-state index contributed by atoms with van der Waals surface area (Å²) >= 11 is 3.45. The molecule has 0 aliphatic heterocycles. The van der Waals surface area contributed by atoms with Gasteiger partial charge in [-0.2, -0.15) is 5.26 Å². The number of benzene rings is 2. The molecule has 0 saturated carbocycles. The molecule has 0 aliphatic rings. The van der Waals surface area contributed by atoms with Gasteiger partial charge >= 0.3 is 5.97 Å². The van der Waals surface area contributed by atoms with E-state index in [4.69, 9.17) is 0 Å². The van der Waals surface area contributed by atoms with E-state index in [1.54, 1.807) is 12.1 Å². The predicted molar refractivity (Wildman–Crippen MR) is 115 cm³/mol. The Hall–Kier alpha value is -3.10. The largest absolute Gasteiger partial charge is 0.478 e. The van der Waals surface area contributed by atoms with Crippen LogP contribution in [-0.2, 0) is 0 Å². The fraction of sp³-hybridized carbons (Fsp3) is 0.130. The van der Waals surface area contributed by atoms with Crippen molar-refractivity contribution in [3.8, 4) is 11.8 Å². The lowest BCUT2D eigenvalue weighted by molar-refractivity contribution is 0.0697. The van der Waals surface area contributed by atoms with Crippen molar-refractivity contribution in [1.29, 1.82) is 5.26 Å². The fourth-order valence-corrected chi connectivity index (χ4v) is 3.73. The van der Waals surface area contributed by atoms with E-state index in [2.05, 4.69) is 26.6 Å². The van der Waals surface area contributed by atoms with E-state index in [0.717, 1.165) is 38.2 Å². The van der Waals surface area contributed by atoms with Gasteiger partial charge in [-0.15, -0.1) is 0 Å². The molecular weight excluding hydrogens is 416 g/mol. The summed E-state index contributed by atoms with van der Waals surface area (Å²) in [6.45, 7) is 5.90. The van der Waals surface area contributed by atoms with Crippen LogP contribution < -0.4 is 0 Å². The van der Waals surface area contributed by atoms with Gasteiger partial charge in [0.15, 0.2) is 0 Å². The SMILES string of the molecule is Cc1cc(C(=O)O)ccc1-n1c(C)cc(/C=C(/C#N)c2cccc(Br)c2)c1C. The van der Waals surface area contributed by atoms with E-state index in [1.165, 1.54) is 0 Å². The molecule has 3 rings (SSSR count). The number of halogens is 1. The number of allylic oxidation sites excluding steroid dienone is 1. The summed E-state index contributed by atoms with van der Waals surface area (Å²) in [4.78, 5) is 11.2. The van der Waals surface area contributed by atoms with Gasteiger partial charge in [-0.25, -0.2) is 4.79 Å². The summed E-state index contributed by atoms with van der Waals surface area (Å²) < 4.78 is 3.01. The molecule has 140 valence electrons. The third-order valence-electron chi connectivity index (χ3n) is 4.71. The molecule has 1 aromatic heterocycles. The van der Waals surface area contributed by atoms with E-state index in [1.807, 2.05) is 63.2 Å². The van der Waals surface area contributed by atoms with Gasteiger partial charge in [-0.05, 0) is 79.9 Å². The van der Waals surface area contributed by atoms with Gasteiger partial charge in [0.1, 0.15) is 0 Å². The van der Waals surface area contributed by atoms with Crippen LogP contribution in [0.5, 0.6) is 0 Å². The highest BCUT2D eigenvalue weighted by atomic mass is 79.9. The van der Waals surface area contributed by atoms with Crippen LogP contribution in [0.4, 0.5) is 0 Å². The molecule has 28 heavy (non-hydrogen) atoms. The molecule has 2 aromatic carbocycles. The standard InChI is InChI=1S/C23H19BrN2O2/c1-14-9-18(23(27)28)7-8-22(14)26-15(2)10-19(16(26)3)11-20(13-25)17-5-4-6-21(24)12-17/h4-12H,1-3H3,(H,27,28)/b20-11-. The minimum Gasteiger partial charge on any atom is -0.478 e. The predicted octanol–water partition coefficient (Wildman–Crippen LogP) is 5.93. The fourth-order valence-electron chi connectivity index (χ4n) is 3.34. The maximum atomic E-state index is 11.2. The molecule has 1 N–H and O–H groups in total. The van der Waals surface area contributed by atoms with Gasteiger partial charge in [-0.1, -0.05) is 28.1 Å². The maximum absolute atomic E-state index is 11.2. The van der Waals surface area contributed by atoms with E-state index < -0.39 is 5.97 Å². The van der Waals surface area contributed by atoms with E-state index in [0.29, 0.717) is 5.57 Å². The molecule has 1 heterocycles. The number of carbonyl (C=O) groups is 1. The highest BCUT2D eigenvalue weighted by Crippen LogP contribution is 2.28. The zero-order valence-corrected chi connectivity index (χ0v) is 17.4. The second-order valence-electron chi connectivity index (χ2n) is 6.65. The van der Waals surface area contributed by atoms with Gasteiger partial charge in [0.2, 0.25) is 0 Å². The summed E-state index contributed by atoms with van der Waals surface area (Å²) in [7, 11) is 0. The highest BCUT2D eigenvalue weighted by Gasteiger charge is 2.14. The van der Waals surface area contributed by atoms with Crippen molar-refractivity contribution >= 4 is 33.5 Å². The Labute approximate surface area is 172 Å². The smallest absolute Gasteiger partial charge is 0.335 e. The first-order valence-electron chi connectivity index (χ1n) is 8.73. The normalized spacial score (nSPS) is 11.3. The number of rotatable bonds is 4. The van der Waals surface area contributed by atoms with Crippen molar-refractivity contribution in [2.45, 2.75) is 20.8 Å². The number of aryl methyl sites for hydroxylation is 2. The number of aromatic carboxylic acids is 1. The molecule has 0 fully saturated rings. The molecule has 0 spiro atoms. The molecule has 0 atom stereocenters. The zero-order chi connectivity index (χ0) is 20.4. The lowest BCUT2D eigenvalue weighted by Gasteiger charge is -2.13. The first kappa shape index (κ1) is 19.7. The monoisotopic (exact) mass is 434 g/mol. The second-order valence-corrected chi connectivity index (χ2v) is 7.56. The summed E-state index contributed by atoms with van der Waals surface area (Å²) in [6.07, 6.45) is 1.89. The Morgan fingerprint density at radius 3 is 2.46 bits per heavy atom. The summed E-state index contributed by atoms with van der Waals surface area (Å²) in [5.41, 5.74) is 6.47. The van der Waals surface area contributed by atoms with Crippen LogP contribution >= 0.6 is 15.9 Å². The molecule has 5 heteroatoms. The lowest BCUT2D eigenvalue weighted by atomic mass is 10.0. The number of hydrogen-bond donors (Lipinski definition) is 1. The van der Waals surface area contributed by atoms with Crippen molar-refractivity contribution in [3.05, 3.63) is 86.6 Å². The van der Waals surface area contributed by atoms with Crippen LogP contribution in [0.2, 0.25) is 0 Å². The molecule has 0 amide bonds. The lowest BCUT2D eigenvalue weighted by Crippen LogP contribution is -2.04. The van der Waals surface area contributed by atoms with E-state index >= 15 is 0 Å². The van der Waals surface area contributed by atoms with Crippen molar-refractivity contribution in [2.75, 3.05) is 0 Å². The molecule has 0 radical (unpaired) electrons. The minimum atomic E-state index is -0.938. The summed E-state index contributed by atoms with van der Waals surface area (Å²) in [5.74, 6) is -0.938. The van der Waals surface area contributed by atoms with Crippen LogP contribution in [0, 0.1) is 32.1 Å². The quantitative estimate of drug-likeness (QED) is 0.517. The van der Waals surface area contributed by atoms with Crippen LogP contribution in [0.25, 0.3) is 17.3 Å². The third-order valence-corrected chi connectivity index (χ3v) is 5.20. The van der Waals surface area contributed by atoms with Gasteiger partial charge in [0, 0.05) is 21.5 Å². The molecule has 4 nitrogen and oxygen atoms in total. The van der Waals surface area contributed by atoms with E-state index in [-0.39, 0.29) is 5.56 Å². The Morgan fingerprint density at radius 1 is 1.11 bits per heavy atom. The first-order chi connectivity index (χ1) is 13.3. The van der Waals surface area contributed by atoms with Crippen LogP contribution in [0.1, 0.15) is 38.4 Å². The van der Waals surface area contributed by atoms with Crippen molar-refractivity contribution < 1.29 is 9.90 Å². The van der Waals surface area contributed by atoms with Crippen LogP contribution in [0.15, 0.2) is 53.0 Å². The van der Waals surface area contributed by atoms with E-state index in [9.17, 15) is 15.2 Å². The van der Waals surface area contributed by atoms with Gasteiger partial charge in [-0.3, -0.25) is 0 Å². The summed E-state index contributed by atoms with van der Waals surface area (Å²) in [5, 5.41) is 18.8. The number of carboxylic acids is 1. The summed E-state index contributed by atoms with van der Waals surface area (Å²) in [6, 6.07) is 17.1. The first-order valence-corrected chi connectivity index (χ1v) is 9.52. The Bertz CT molecular complexity index is 1150. The molecule has 3 aromatic rings. The van der Waals surface area contributed by atoms with Crippen molar-refractivity contribution in [1.82, 2.24) is 4.57 Å². The topological polar surface area (TPSA) is 66.0 Å². The second kappa shape index (κ2) is 7.87. The molecule has 0 saturated heterocycles. The molecule has 0 unspecified atom stereocenters. The molecular formula is C23H19BrN2O2. The average molecular weight is 435 g/mol. The minimum absolute atomic E-state index is 0.269. The Kier molecular flexibility index (Phi) is 5.53. The Morgan fingerprint density at radius 2 is 1.86 bits per heavy atom. The number of hydrogen-bond acceptors (Lipinski definition) is 2. The number of nitrogens with zero attached hydrogens (tertiary/aromatic N) is 2. The number of nitriles is 1. The maximum Gasteiger partial charge on any atom is 0.335 e. The van der Waals surface area contributed by atoms with Gasteiger partial charge in [0.25, 0.3) is 0 Å². The molecule has 0 bridgehead atoms. The zero-order valence-electron chi connectivity index (χ0n) is 15.8. The molecule has 0 aliphatic carbocycles. The van der Waals surface area contributed by atoms with Crippen molar-refractivity contribution in [3.63, 3.8) is 0 Å². The van der Waals surface area contributed by atoms with Gasteiger partial charge < -0.3 is 9.67 Å². The number of carboxylic acid groups (broad SMARTS) is 1. The average Bonchev–Trinajstić information content (AvgIpc) is 2.93. The third kappa shape index (κ3) is 3.78. The number of aromatic nitrogens is 1. The van der Waals surface area contributed by atoms with Crippen LogP contribution in [0.3, 0.4) is 0 Å².